The van der Waals surface area contributed by atoms with Gasteiger partial charge in [0.1, 0.15) is 0 Å². The van der Waals surface area contributed by atoms with Crippen molar-refractivity contribution in [2.24, 2.45) is 0 Å². The van der Waals surface area contributed by atoms with Crippen LogP contribution < -0.4 is 16.5 Å². The Morgan fingerprint density at radius 1 is 1.47 bits per heavy atom. The van der Waals surface area contributed by atoms with E-state index in [0.717, 1.165) is 0 Å². The third-order valence-electron chi connectivity index (χ3n) is 1.98. The summed E-state index contributed by atoms with van der Waals surface area (Å²) in [6.07, 6.45) is 0.584. The second kappa shape index (κ2) is 6.59. The van der Waals surface area contributed by atoms with Gasteiger partial charge in [0.25, 0.3) is 0 Å². The summed E-state index contributed by atoms with van der Waals surface area (Å²) in [7, 11) is 0. The summed E-state index contributed by atoms with van der Waals surface area (Å²) < 4.78 is 4.62. The van der Waals surface area contributed by atoms with Gasteiger partial charge in [-0.25, -0.2) is 15.0 Å². The van der Waals surface area contributed by atoms with Gasteiger partial charge in [-0.1, -0.05) is 0 Å². The van der Waals surface area contributed by atoms with Crippen LogP contribution in [-0.4, -0.2) is 34.3 Å². The average Bonchev–Trinajstić information content (AvgIpc) is 2.57. The minimum Gasteiger partial charge on any atom is -0.493 e. The van der Waals surface area contributed by atoms with Crippen molar-refractivity contribution in [3.63, 3.8) is 0 Å². The first-order chi connectivity index (χ1) is 8.13. The standard InChI is InChI=1S/C9H16N4O4/c1-2-17-9(16)13-10-5-3-4-6-7(14)12-8(15)11-6/h10,14H,2-5H2,1H3,(H,13,16)(H2,11,12,15). The van der Waals surface area contributed by atoms with Gasteiger partial charge in [0.2, 0.25) is 5.88 Å². The Labute approximate surface area is 97.4 Å². The van der Waals surface area contributed by atoms with E-state index >= 15 is 0 Å². The summed E-state index contributed by atoms with van der Waals surface area (Å²) in [4.78, 5) is 26.3. The molecule has 0 aliphatic heterocycles. The van der Waals surface area contributed by atoms with E-state index in [1.807, 2.05) is 0 Å². The predicted octanol–water partition coefficient (Wildman–Crippen LogP) is -0.408. The number of aromatic hydroxyl groups is 1. The summed E-state index contributed by atoms with van der Waals surface area (Å²) in [6.45, 7) is 2.52. The van der Waals surface area contributed by atoms with Crippen LogP contribution in [0.25, 0.3) is 0 Å². The SMILES string of the molecule is CCOC(=O)NNCCCc1[nH]c(=O)[nH]c1O. The van der Waals surface area contributed by atoms with E-state index < -0.39 is 11.8 Å². The normalized spacial score (nSPS) is 10.2. The van der Waals surface area contributed by atoms with Crippen molar-refractivity contribution < 1.29 is 14.6 Å². The van der Waals surface area contributed by atoms with Crippen LogP contribution in [0.3, 0.4) is 0 Å². The third kappa shape index (κ3) is 4.60. The molecule has 17 heavy (non-hydrogen) atoms. The van der Waals surface area contributed by atoms with Gasteiger partial charge in [-0.2, -0.15) is 0 Å². The topological polar surface area (TPSA) is 119 Å². The molecule has 1 aromatic rings. The molecule has 0 atom stereocenters. The summed E-state index contributed by atoms with van der Waals surface area (Å²) in [5, 5.41) is 9.25. The van der Waals surface area contributed by atoms with Gasteiger partial charge in [0.15, 0.2) is 0 Å². The number of aryl methyl sites for hydroxylation is 1. The smallest absolute Gasteiger partial charge is 0.421 e. The lowest BCUT2D eigenvalue weighted by Crippen LogP contribution is -2.38. The molecule has 8 nitrogen and oxygen atoms in total. The first kappa shape index (κ1) is 13.1. The van der Waals surface area contributed by atoms with Crippen molar-refractivity contribution in [1.29, 1.82) is 0 Å². The van der Waals surface area contributed by atoms with Crippen molar-refractivity contribution in [3.05, 3.63) is 16.2 Å². The Bertz CT molecular complexity index is 411. The molecular weight excluding hydrogens is 228 g/mol. The van der Waals surface area contributed by atoms with Crippen LogP contribution in [0.2, 0.25) is 0 Å². The van der Waals surface area contributed by atoms with Crippen LogP contribution in [0.15, 0.2) is 4.79 Å². The van der Waals surface area contributed by atoms with E-state index in [0.29, 0.717) is 31.7 Å². The number of amides is 1. The molecular formula is C9H16N4O4. The van der Waals surface area contributed by atoms with Gasteiger partial charge in [-0.15, -0.1) is 0 Å². The molecule has 1 aromatic heterocycles. The van der Waals surface area contributed by atoms with Gasteiger partial charge < -0.3 is 14.8 Å². The number of hydrazine groups is 1. The zero-order valence-electron chi connectivity index (χ0n) is 9.50. The summed E-state index contributed by atoms with van der Waals surface area (Å²) in [6, 6.07) is 0. The van der Waals surface area contributed by atoms with Gasteiger partial charge in [-0.05, 0) is 19.8 Å². The van der Waals surface area contributed by atoms with Gasteiger partial charge in [0.05, 0.1) is 12.3 Å². The number of imidazole rings is 1. The largest absolute Gasteiger partial charge is 0.493 e. The van der Waals surface area contributed by atoms with Crippen molar-refractivity contribution in [1.82, 2.24) is 20.8 Å². The van der Waals surface area contributed by atoms with Crippen LogP contribution >= 0.6 is 0 Å². The summed E-state index contributed by atoms with van der Waals surface area (Å²) in [5.74, 6) is -0.145. The van der Waals surface area contributed by atoms with Crippen molar-refractivity contribution >= 4 is 6.09 Å². The number of hydrogen-bond donors (Lipinski definition) is 5. The van der Waals surface area contributed by atoms with Crippen LogP contribution in [0.1, 0.15) is 19.0 Å². The minimum atomic E-state index is -0.537. The lowest BCUT2D eigenvalue weighted by molar-refractivity contribution is 0.147. The third-order valence-corrected chi connectivity index (χ3v) is 1.98. The fourth-order valence-electron chi connectivity index (χ4n) is 1.25. The van der Waals surface area contributed by atoms with E-state index in [2.05, 4.69) is 25.6 Å². The van der Waals surface area contributed by atoms with Gasteiger partial charge >= 0.3 is 11.8 Å². The number of hydrogen-bond acceptors (Lipinski definition) is 5. The van der Waals surface area contributed by atoms with E-state index in [1.54, 1.807) is 6.92 Å². The second-order valence-electron chi connectivity index (χ2n) is 3.28. The van der Waals surface area contributed by atoms with Crippen molar-refractivity contribution in [2.75, 3.05) is 13.2 Å². The number of carbonyl (C=O) groups excluding carboxylic acids is 1. The number of nitrogens with one attached hydrogen (secondary N) is 4. The predicted molar refractivity (Wildman–Crippen MR) is 59.6 cm³/mol. The maximum Gasteiger partial charge on any atom is 0.421 e. The minimum absolute atomic E-state index is 0.145. The molecule has 0 aliphatic carbocycles. The zero-order valence-corrected chi connectivity index (χ0v) is 9.50. The second-order valence-corrected chi connectivity index (χ2v) is 3.28. The molecule has 0 saturated heterocycles. The van der Waals surface area contributed by atoms with E-state index in [9.17, 15) is 14.7 Å². The Morgan fingerprint density at radius 2 is 2.24 bits per heavy atom. The van der Waals surface area contributed by atoms with Crippen LogP contribution in [0.5, 0.6) is 5.88 Å². The molecule has 0 aliphatic rings. The molecule has 0 bridgehead atoms. The lowest BCUT2D eigenvalue weighted by atomic mass is 10.2. The molecule has 0 radical (unpaired) electrons. The first-order valence-corrected chi connectivity index (χ1v) is 5.29. The molecule has 0 spiro atoms. The van der Waals surface area contributed by atoms with Crippen molar-refractivity contribution in [2.45, 2.75) is 19.8 Å². The molecule has 1 rings (SSSR count). The highest BCUT2D eigenvalue weighted by Crippen LogP contribution is 2.08. The molecule has 0 saturated carbocycles. The molecule has 8 heteroatoms. The average molecular weight is 244 g/mol. The number of rotatable bonds is 6. The van der Waals surface area contributed by atoms with E-state index in [4.69, 9.17) is 0 Å². The van der Waals surface area contributed by atoms with E-state index in [1.165, 1.54) is 0 Å². The van der Waals surface area contributed by atoms with Gasteiger partial charge in [-0.3, -0.25) is 10.4 Å². The van der Waals surface area contributed by atoms with E-state index in [-0.39, 0.29) is 5.88 Å². The Morgan fingerprint density at radius 3 is 2.82 bits per heavy atom. The summed E-state index contributed by atoms with van der Waals surface area (Å²) >= 11 is 0. The molecule has 1 heterocycles. The molecule has 1 amide bonds. The Hall–Kier alpha value is -1.96. The lowest BCUT2D eigenvalue weighted by Gasteiger charge is -2.06. The number of H-pyrrole nitrogens is 2. The first-order valence-electron chi connectivity index (χ1n) is 5.29. The fraction of sp³-hybridized carbons (Fsp3) is 0.556. The molecule has 0 aromatic carbocycles. The number of ether oxygens (including phenoxy) is 1. The highest BCUT2D eigenvalue weighted by molar-refractivity contribution is 5.66. The maximum absolute atomic E-state index is 10.8. The maximum atomic E-state index is 10.8. The van der Waals surface area contributed by atoms with Crippen LogP contribution in [0.4, 0.5) is 4.79 Å². The van der Waals surface area contributed by atoms with Gasteiger partial charge in [0, 0.05) is 6.54 Å². The zero-order chi connectivity index (χ0) is 12.7. The van der Waals surface area contributed by atoms with Crippen molar-refractivity contribution in [3.8, 4) is 5.88 Å². The summed E-state index contributed by atoms with van der Waals surface area (Å²) in [5.41, 5.74) is 5.01. The fourth-order valence-corrected chi connectivity index (χ4v) is 1.25. The Kier molecular flexibility index (Phi) is 5.08. The number of aromatic amines is 2. The van der Waals surface area contributed by atoms with Crippen LogP contribution in [-0.2, 0) is 11.2 Å². The van der Waals surface area contributed by atoms with Crippen LogP contribution in [0, 0.1) is 0 Å². The number of aromatic nitrogens is 2. The highest BCUT2D eigenvalue weighted by Gasteiger charge is 2.04. The molecule has 96 valence electrons. The molecule has 0 unspecified atom stereocenters. The monoisotopic (exact) mass is 244 g/mol. The Balaban J connectivity index is 2.14. The highest BCUT2D eigenvalue weighted by atomic mass is 16.5. The number of carbonyl (C=O) groups is 1. The molecule has 5 N–H and O–H groups in total. The quantitative estimate of drug-likeness (QED) is 0.344. The molecule has 0 fully saturated rings.